The smallest absolute Gasteiger partial charge is 0.404 e. The maximum atomic E-state index is 14.6. The van der Waals surface area contributed by atoms with Crippen molar-refractivity contribution in [3.05, 3.63) is 64.3 Å². The molecule has 0 saturated heterocycles. The van der Waals surface area contributed by atoms with Crippen LogP contribution in [0.1, 0.15) is 48.3 Å². The van der Waals surface area contributed by atoms with Crippen molar-refractivity contribution in [3.63, 3.8) is 0 Å². The Morgan fingerprint density at radius 3 is 2.63 bits per heavy atom. The summed E-state index contributed by atoms with van der Waals surface area (Å²) < 4.78 is 71.6. The van der Waals surface area contributed by atoms with Crippen molar-refractivity contribution in [1.29, 1.82) is 0 Å². The maximum absolute atomic E-state index is 14.6. The minimum absolute atomic E-state index is 0.127. The van der Waals surface area contributed by atoms with Crippen molar-refractivity contribution >= 4 is 17.5 Å². The van der Waals surface area contributed by atoms with Gasteiger partial charge in [0.1, 0.15) is 11.9 Å². The van der Waals surface area contributed by atoms with E-state index >= 15 is 0 Å². The van der Waals surface area contributed by atoms with E-state index in [1.165, 1.54) is 24.5 Å². The van der Waals surface area contributed by atoms with Gasteiger partial charge in [0, 0.05) is 19.2 Å². The van der Waals surface area contributed by atoms with E-state index in [0.717, 1.165) is 40.8 Å². The molecule has 1 saturated carbocycles. The van der Waals surface area contributed by atoms with E-state index in [2.05, 4.69) is 30.7 Å². The molecule has 2 N–H and O–H groups in total. The molecule has 0 spiro atoms. The van der Waals surface area contributed by atoms with Crippen molar-refractivity contribution in [2.24, 2.45) is 5.92 Å². The van der Waals surface area contributed by atoms with Gasteiger partial charge in [-0.2, -0.15) is 4.39 Å². The van der Waals surface area contributed by atoms with Gasteiger partial charge in [0.2, 0.25) is 11.7 Å². The predicted octanol–water partition coefficient (Wildman–Crippen LogP) is 3.36. The number of nitrogens with zero attached hydrogens (tertiary/aromatic N) is 5. The summed E-state index contributed by atoms with van der Waals surface area (Å²) in [5.41, 5.74) is -1.10. The van der Waals surface area contributed by atoms with Crippen LogP contribution in [-0.2, 0) is 24.4 Å². The molecule has 1 fully saturated rings. The molecule has 0 radical (unpaired) electrons. The standard InChI is InChI=1S/C25H26F5N7O4/c26-16(6-8-36-9-7-19(22(27)24(36)40)33-21(38)10-15-2-1-3-15)13-37-14-20(34-35-37)23(39)32-11-17-4-5-18(12-31-17)41-25(28,29)30/h4-5,7,9,12,14-16H,1-3,6,8,10-11,13H2,(H,32,39)(H,33,38). The van der Waals surface area contributed by atoms with E-state index in [1.807, 2.05) is 0 Å². The lowest BCUT2D eigenvalue weighted by molar-refractivity contribution is -0.274. The van der Waals surface area contributed by atoms with Gasteiger partial charge in [0.05, 0.1) is 36.9 Å². The zero-order chi connectivity index (χ0) is 29.6. The summed E-state index contributed by atoms with van der Waals surface area (Å²) in [4.78, 5) is 40.4. The van der Waals surface area contributed by atoms with Gasteiger partial charge in [0.15, 0.2) is 5.69 Å². The van der Waals surface area contributed by atoms with E-state index in [1.54, 1.807) is 0 Å². The lowest BCUT2D eigenvalue weighted by atomic mass is 9.83. The number of amides is 2. The summed E-state index contributed by atoms with van der Waals surface area (Å²) in [7, 11) is 0. The van der Waals surface area contributed by atoms with E-state index in [0.29, 0.717) is 0 Å². The van der Waals surface area contributed by atoms with E-state index in [4.69, 9.17) is 0 Å². The fraction of sp³-hybridized carbons (Fsp3) is 0.440. The van der Waals surface area contributed by atoms with Gasteiger partial charge in [0.25, 0.3) is 11.5 Å². The fourth-order valence-corrected chi connectivity index (χ4v) is 4.02. The number of rotatable bonds is 12. The van der Waals surface area contributed by atoms with E-state index in [-0.39, 0.29) is 61.4 Å². The first kappa shape index (κ1) is 29.6. The molecule has 1 atom stereocenters. The van der Waals surface area contributed by atoms with Gasteiger partial charge in [-0.3, -0.25) is 19.4 Å². The van der Waals surface area contributed by atoms with Crippen LogP contribution >= 0.6 is 0 Å². The number of nitrogens with one attached hydrogen (secondary N) is 2. The molecule has 0 aliphatic heterocycles. The zero-order valence-corrected chi connectivity index (χ0v) is 21.5. The van der Waals surface area contributed by atoms with Crippen molar-refractivity contribution in [2.75, 3.05) is 5.32 Å². The molecule has 16 heteroatoms. The van der Waals surface area contributed by atoms with Crippen LogP contribution in [0.25, 0.3) is 0 Å². The minimum atomic E-state index is -4.85. The second kappa shape index (κ2) is 12.9. The molecule has 2 amide bonds. The van der Waals surface area contributed by atoms with Crippen molar-refractivity contribution in [2.45, 2.75) is 64.3 Å². The Labute approximate surface area is 229 Å². The van der Waals surface area contributed by atoms with Gasteiger partial charge in [-0.05, 0) is 43.4 Å². The monoisotopic (exact) mass is 583 g/mol. The van der Waals surface area contributed by atoms with Gasteiger partial charge in [-0.25, -0.2) is 9.07 Å². The van der Waals surface area contributed by atoms with Gasteiger partial charge >= 0.3 is 6.36 Å². The number of anilines is 1. The van der Waals surface area contributed by atoms with Crippen LogP contribution in [0.5, 0.6) is 5.75 Å². The summed E-state index contributed by atoms with van der Waals surface area (Å²) in [6.45, 7) is -0.567. The number of pyridine rings is 2. The number of ether oxygens (including phenoxy) is 1. The maximum Gasteiger partial charge on any atom is 0.573 e. The number of hydrogen-bond acceptors (Lipinski definition) is 7. The Morgan fingerprint density at radius 2 is 1.98 bits per heavy atom. The summed E-state index contributed by atoms with van der Waals surface area (Å²) in [6, 6.07) is 3.54. The Hall–Kier alpha value is -4.37. The SMILES string of the molecule is O=C(CC1CCC1)Nc1ccn(CCC(F)Cn2cc(C(=O)NCc3ccc(OC(F)(F)F)cn3)nn2)c(=O)c1F. The molecule has 0 aromatic carbocycles. The van der Waals surface area contributed by atoms with E-state index in [9.17, 15) is 36.3 Å². The number of hydrogen-bond donors (Lipinski definition) is 2. The Kier molecular flexibility index (Phi) is 9.29. The van der Waals surface area contributed by atoms with Gasteiger partial charge < -0.3 is 19.9 Å². The molecule has 4 rings (SSSR count). The van der Waals surface area contributed by atoms with Crippen LogP contribution in [0.3, 0.4) is 0 Å². The van der Waals surface area contributed by atoms with Gasteiger partial charge in [-0.15, -0.1) is 18.3 Å². The predicted molar refractivity (Wildman–Crippen MR) is 133 cm³/mol. The van der Waals surface area contributed by atoms with Crippen molar-refractivity contribution in [1.82, 2.24) is 29.9 Å². The molecular weight excluding hydrogens is 557 g/mol. The van der Waals surface area contributed by atoms with Crippen LogP contribution in [0.4, 0.5) is 27.6 Å². The topological polar surface area (TPSA) is 133 Å². The Balaban J connectivity index is 1.23. The first-order valence-electron chi connectivity index (χ1n) is 12.7. The Bertz CT molecular complexity index is 1420. The summed E-state index contributed by atoms with van der Waals surface area (Å²) in [6.07, 6.45) is 0.0309. The number of halogens is 5. The molecule has 3 aromatic rings. The highest BCUT2D eigenvalue weighted by Crippen LogP contribution is 2.29. The number of carbonyl (C=O) groups is 2. The zero-order valence-electron chi connectivity index (χ0n) is 21.5. The second-order valence-corrected chi connectivity index (χ2v) is 9.52. The van der Waals surface area contributed by atoms with Crippen LogP contribution in [0.2, 0.25) is 0 Å². The normalized spacial score (nSPS) is 14.3. The highest BCUT2D eigenvalue weighted by Gasteiger charge is 2.31. The molecule has 1 unspecified atom stereocenters. The van der Waals surface area contributed by atoms with Crippen molar-refractivity contribution in [3.8, 4) is 5.75 Å². The van der Waals surface area contributed by atoms with E-state index < -0.39 is 35.6 Å². The Morgan fingerprint density at radius 1 is 1.20 bits per heavy atom. The molecule has 1 aliphatic carbocycles. The first-order chi connectivity index (χ1) is 19.5. The van der Waals surface area contributed by atoms with Crippen LogP contribution in [-0.4, -0.2) is 48.9 Å². The molecule has 1 aliphatic rings. The first-order valence-corrected chi connectivity index (χ1v) is 12.7. The molecule has 0 bridgehead atoms. The molecular formula is C25H26F5N7O4. The number of aromatic nitrogens is 5. The third-order valence-electron chi connectivity index (χ3n) is 6.38. The minimum Gasteiger partial charge on any atom is -0.404 e. The third kappa shape index (κ3) is 8.56. The number of alkyl halides is 4. The average molecular weight is 584 g/mol. The summed E-state index contributed by atoms with van der Waals surface area (Å²) in [5.74, 6) is -2.39. The molecule has 3 heterocycles. The average Bonchev–Trinajstić information content (AvgIpc) is 3.35. The van der Waals surface area contributed by atoms with Crippen LogP contribution < -0.4 is 20.9 Å². The lowest BCUT2D eigenvalue weighted by Gasteiger charge is -2.24. The second-order valence-electron chi connectivity index (χ2n) is 9.52. The van der Waals surface area contributed by atoms with Crippen molar-refractivity contribution < 1.29 is 36.3 Å². The molecule has 11 nitrogen and oxygen atoms in total. The largest absolute Gasteiger partial charge is 0.573 e. The third-order valence-corrected chi connectivity index (χ3v) is 6.38. The molecule has 41 heavy (non-hydrogen) atoms. The van der Waals surface area contributed by atoms with Gasteiger partial charge in [-0.1, -0.05) is 11.6 Å². The highest BCUT2D eigenvalue weighted by atomic mass is 19.4. The lowest BCUT2D eigenvalue weighted by Crippen LogP contribution is -2.27. The van der Waals surface area contributed by atoms with Crippen LogP contribution in [0, 0.1) is 11.7 Å². The number of carbonyl (C=O) groups excluding carboxylic acids is 2. The van der Waals surface area contributed by atoms with Crippen LogP contribution in [0.15, 0.2) is 41.6 Å². The number of aryl methyl sites for hydroxylation is 1. The fourth-order valence-electron chi connectivity index (χ4n) is 4.02. The quantitative estimate of drug-likeness (QED) is 0.313. The summed E-state index contributed by atoms with van der Waals surface area (Å²) >= 11 is 0. The highest BCUT2D eigenvalue weighted by molar-refractivity contribution is 5.92. The molecule has 3 aromatic heterocycles. The summed E-state index contributed by atoms with van der Waals surface area (Å²) in [5, 5.41) is 12.2. The molecule has 220 valence electrons.